The molecule has 0 aromatic rings. The van der Waals surface area contributed by atoms with Crippen molar-refractivity contribution in [2.24, 2.45) is 0 Å². The number of rotatable bonds is 4. The van der Waals surface area contributed by atoms with Gasteiger partial charge in [0.1, 0.15) is 0 Å². The normalized spacial score (nSPS) is 7.75. The Morgan fingerprint density at radius 2 is 2.00 bits per heavy atom. The van der Waals surface area contributed by atoms with E-state index in [1.807, 2.05) is 0 Å². The zero-order chi connectivity index (χ0) is 5.54. The molecule has 1 radical (unpaired) electrons. The highest BCUT2D eigenvalue weighted by Gasteiger charge is 1.84. The molecule has 0 rings (SSSR count). The molecule has 0 aliphatic carbocycles. The van der Waals surface area contributed by atoms with Gasteiger partial charge in [0.15, 0.2) is 0 Å². The van der Waals surface area contributed by atoms with Crippen molar-refractivity contribution in [3.63, 3.8) is 0 Å². The Kier molecular flexibility index (Phi) is 15.5. The summed E-state index contributed by atoms with van der Waals surface area (Å²) in [5, 5.41) is 1.22. The van der Waals surface area contributed by atoms with Gasteiger partial charge in [0.05, 0.1) is 0 Å². The van der Waals surface area contributed by atoms with Crippen molar-refractivity contribution in [1.29, 1.82) is 0 Å². The second-order valence-corrected chi connectivity index (χ2v) is 2.93. The minimum absolute atomic E-state index is 0. The second kappa shape index (κ2) is 10.7. The van der Waals surface area contributed by atoms with Crippen molar-refractivity contribution < 1.29 is 3.79 Å². The summed E-state index contributed by atoms with van der Waals surface area (Å²) in [4.78, 5) is 0. The molecule has 0 unspecified atom stereocenters. The molecule has 1 nitrogen and oxygen atoms in total. The first kappa shape index (κ1) is 11.6. The number of halogens is 1. The zero-order valence-electron chi connectivity index (χ0n) is 5.52. The van der Waals surface area contributed by atoms with E-state index in [1.165, 1.54) is 5.28 Å². The minimum atomic E-state index is 0. The topological polar surface area (TPSA) is 9.23 Å². The van der Waals surface area contributed by atoms with Crippen molar-refractivity contribution >= 4 is 28.0 Å². The molecule has 0 aliphatic rings. The summed E-state index contributed by atoms with van der Waals surface area (Å²) in [5.74, 6) is 0. The van der Waals surface area contributed by atoms with Crippen LogP contribution in [0.1, 0.15) is 20.3 Å². The molecule has 0 spiro atoms. The summed E-state index contributed by atoms with van der Waals surface area (Å²) < 4.78 is 5.22. The third-order valence-electron chi connectivity index (χ3n) is 0.606. The molecule has 0 heterocycles. The van der Waals surface area contributed by atoms with E-state index >= 15 is 0 Å². The largest absolute Gasteiger partial charge is 0.507 e. The molecule has 0 atom stereocenters. The van der Waals surface area contributed by atoms with Crippen LogP contribution < -0.4 is 0 Å². The lowest BCUT2D eigenvalue weighted by atomic mass is 10.5. The molecule has 0 saturated heterocycles. The van der Waals surface area contributed by atoms with Gasteiger partial charge >= 0.3 is 15.6 Å². The molecule has 0 fully saturated rings. The quantitative estimate of drug-likeness (QED) is 0.441. The Balaban J connectivity index is 0. The average molecular weight is 152 g/mol. The molecule has 0 amide bonds. The van der Waals surface area contributed by atoms with Crippen LogP contribution in [-0.2, 0) is 3.79 Å². The Labute approximate surface area is 64.3 Å². The number of hydrogen-bond acceptors (Lipinski definition) is 1. The maximum Gasteiger partial charge on any atom is 0.423 e. The van der Waals surface area contributed by atoms with E-state index < -0.39 is 0 Å². The maximum absolute atomic E-state index is 5.22. The third kappa shape index (κ3) is 9.92. The van der Waals surface area contributed by atoms with Gasteiger partial charge in [-0.3, -0.25) is 0 Å². The molecular formula is C5H13AlClO. The molecule has 0 aromatic carbocycles. The summed E-state index contributed by atoms with van der Waals surface area (Å²) in [5.41, 5.74) is 0. The highest BCUT2D eigenvalue weighted by molar-refractivity contribution is 6.26. The van der Waals surface area contributed by atoms with Crippen LogP contribution in [0.25, 0.3) is 0 Å². The van der Waals surface area contributed by atoms with E-state index in [9.17, 15) is 0 Å². The van der Waals surface area contributed by atoms with Gasteiger partial charge in [0.2, 0.25) is 0 Å². The molecule has 8 heavy (non-hydrogen) atoms. The van der Waals surface area contributed by atoms with Gasteiger partial charge in [-0.2, -0.15) is 0 Å². The number of hydrogen-bond donors (Lipinski definition) is 0. The molecule has 0 bridgehead atoms. The van der Waals surface area contributed by atoms with E-state index in [-0.39, 0.29) is 12.4 Å². The molecular weight excluding hydrogens is 138 g/mol. The van der Waals surface area contributed by atoms with Gasteiger partial charge in [0, 0.05) is 6.61 Å². The van der Waals surface area contributed by atoms with Crippen molar-refractivity contribution in [2.45, 2.75) is 25.6 Å². The first-order valence-corrected chi connectivity index (χ1v) is 4.13. The average Bonchev–Trinajstić information content (AvgIpc) is 1.69. The minimum Gasteiger partial charge on any atom is -0.507 e. The molecule has 0 saturated carbocycles. The molecule has 0 aromatic heterocycles. The van der Waals surface area contributed by atoms with Crippen LogP contribution in [0.2, 0.25) is 5.28 Å². The van der Waals surface area contributed by atoms with Gasteiger partial charge in [0.25, 0.3) is 0 Å². The Morgan fingerprint density at radius 1 is 1.38 bits per heavy atom. The van der Waals surface area contributed by atoms with Gasteiger partial charge in [-0.15, -0.1) is 12.4 Å². The predicted octanol–water partition coefficient (Wildman–Crippen LogP) is 1.89. The smallest absolute Gasteiger partial charge is 0.423 e. The lowest BCUT2D eigenvalue weighted by Gasteiger charge is -1.94. The lowest BCUT2D eigenvalue weighted by Crippen LogP contribution is -1.96. The van der Waals surface area contributed by atoms with E-state index in [2.05, 4.69) is 13.8 Å². The summed E-state index contributed by atoms with van der Waals surface area (Å²) in [7, 11) is 0. The van der Waals surface area contributed by atoms with Crippen molar-refractivity contribution in [1.82, 2.24) is 0 Å². The molecule has 3 heteroatoms. The lowest BCUT2D eigenvalue weighted by molar-refractivity contribution is 0.335. The summed E-state index contributed by atoms with van der Waals surface area (Å²) in [6.45, 7) is 5.25. The monoisotopic (exact) mass is 151 g/mol. The van der Waals surface area contributed by atoms with Crippen molar-refractivity contribution in [3.05, 3.63) is 0 Å². The zero-order valence-corrected chi connectivity index (χ0v) is 7.49. The van der Waals surface area contributed by atoms with Crippen LogP contribution in [0.4, 0.5) is 0 Å². The maximum atomic E-state index is 5.22. The Morgan fingerprint density at radius 3 is 2.38 bits per heavy atom. The fraction of sp³-hybridized carbons (Fsp3) is 1.00. The fourth-order valence-electron chi connectivity index (χ4n) is 0.319. The van der Waals surface area contributed by atoms with E-state index in [4.69, 9.17) is 3.79 Å². The summed E-state index contributed by atoms with van der Waals surface area (Å²) in [6.07, 6.45) is 1.16. The predicted molar refractivity (Wildman–Crippen MR) is 39.7 cm³/mol. The van der Waals surface area contributed by atoms with Gasteiger partial charge in [-0.25, -0.2) is 0 Å². The van der Waals surface area contributed by atoms with Crippen molar-refractivity contribution in [2.75, 3.05) is 6.61 Å². The SMILES string of the molecule is CCC[O][Al][CH2]C.Cl. The third-order valence-corrected chi connectivity index (χ3v) is 1.41. The van der Waals surface area contributed by atoms with Crippen molar-refractivity contribution in [3.8, 4) is 0 Å². The van der Waals surface area contributed by atoms with Crippen LogP contribution in [0.5, 0.6) is 0 Å². The molecule has 0 aliphatic heterocycles. The second-order valence-electron chi connectivity index (χ2n) is 1.45. The van der Waals surface area contributed by atoms with Crippen LogP contribution in [0.3, 0.4) is 0 Å². The Hall–Kier alpha value is 0.782. The summed E-state index contributed by atoms with van der Waals surface area (Å²) in [6, 6.07) is 0. The van der Waals surface area contributed by atoms with E-state index in [1.54, 1.807) is 0 Å². The van der Waals surface area contributed by atoms with Crippen LogP contribution >= 0.6 is 12.4 Å². The van der Waals surface area contributed by atoms with Crippen LogP contribution in [-0.4, -0.2) is 22.2 Å². The molecule has 49 valence electrons. The van der Waals surface area contributed by atoms with Gasteiger partial charge < -0.3 is 3.79 Å². The fourth-order valence-corrected chi connectivity index (χ4v) is 0.957. The first-order valence-electron chi connectivity index (χ1n) is 2.85. The summed E-state index contributed by atoms with van der Waals surface area (Å²) >= 11 is 0.316. The Bertz CT molecular complexity index is 31.6. The van der Waals surface area contributed by atoms with Crippen LogP contribution in [0, 0.1) is 0 Å². The highest BCUT2D eigenvalue weighted by atomic mass is 35.5. The van der Waals surface area contributed by atoms with Crippen LogP contribution in [0.15, 0.2) is 0 Å². The highest BCUT2D eigenvalue weighted by Crippen LogP contribution is 1.79. The first-order chi connectivity index (χ1) is 3.41. The van der Waals surface area contributed by atoms with Gasteiger partial charge in [-0.05, 0) is 6.42 Å². The molecule has 0 N–H and O–H groups in total. The van der Waals surface area contributed by atoms with E-state index in [0.717, 1.165) is 13.0 Å². The standard InChI is InChI=1S/C3H7O.C2H5.Al.ClH/c1-2-3-4;1-2;;/h2-3H2,1H3;1H2,2H3;;1H/q-1;;+1;. The van der Waals surface area contributed by atoms with Gasteiger partial charge in [-0.1, -0.05) is 19.1 Å². The van der Waals surface area contributed by atoms with E-state index in [0.29, 0.717) is 15.6 Å².